The zero-order valence-corrected chi connectivity index (χ0v) is 12.0. The van der Waals surface area contributed by atoms with Gasteiger partial charge in [-0.2, -0.15) is 5.26 Å². The SMILES string of the molecule is CCOC(=O)CCC(=O)c1nc2ccccc2c(C#N)c1O. The van der Waals surface area contributed by atoms with E-state index < -0.39 is 17.5 Å². The summed E-state index contributed by atoms with van der Waals surface area (Å²) in [6.45, 7) is 1.92. The fourth-order valence-electron chi connectivity index (χ4n) is 2.08. The van der Waals surface area contributed by atoms with Gasteiger partial charge in [0.15, 0.2) is 11.5 Å². The van der Waals surface area contributed by atoms with Crippen LogP contribution in [0, 0.1) is 11.3 Å². The molecular weight excluding hydrogens is 284 g/mol. The fraction of sp³-hybridized carbons (Fsp3) is 0.250. The van der Waals surface area contributed by atoms with Crippen molar-refractivity contribution >= 4 is 22.7 Å². The molecule has 0 bridgehead atoms. The monoisotopic (exact) mass is 298 g/mol. The summed E-state index contributed by atoms with van der Waals surface area (Å²) >= 11 is 0. The van der Waals surface area contributed by atoms with Crippen molar-refractivity contribution in [2.45, 2.75) is 19.8 Å². The highest BCUT2D eigenvalue weighted by Gasteiger charge is 2.20. The molecule has 0 unspecified atom stereocenters. The topological polar surface area (TPSA) is 100 Å². The predicted molar refractivity (Wildman–Crippen MR) is 78.3 cm³/mol. The third-order valence-corrected chi connectivity index (χ3v) is 3.10. The number of hydrogen-bond acceptors (Lipinski definition) is 6. The smallest absolute Gasteiger partial charge is 0.306 e. The third-order valence-electron chi connectivity index (χ3n) is 3.10. The number of carbonyl (C=O) groups excluding carboxylic acids is 2. The van der Waals surface area contributed by atoms with E-state index in [4.69, 9.17) is 4.74 Å². The Bertz CT molecular complexity index is 778. The largest absolute Gasteiger partial charge is 0.504 e. The van der Waals surface area contributed by atoms with Gasteiger partial charge >= 0.3 is 5.97 Å². The van der Waals surface area contributed by atoms with E-state index in [1.807, 2.05) is 6.07 Å². The zero-order chi connectivity index (χ0) is 16.1. The first-order valence-electron chi connectivity index (χ1n) is 6.79. The summed E-state index contributed by atoms with van der Waals surface area (Å²) in [6, 6.07) is 8.62. The van der Waals surface area contributed by atoms with Crippen molar-refractivity contribution in [1.82, 2.24) is 4.98 Å². The van der Waals surface area contributed by atoms with Crippen LogP contribution in [0.3, 0.4) is 0 Å². The number of carbonyl (C=O) groups is 2. The van der Waals surface area contributed by atoms with Crippen molar-refractivity contribution in [1.29, 1.82) is 5.26 Å². The Kier molecular flexibility index (Phi) is 4.69. The van der Waals surface area contributed by atoms with Gasteiger partial charge in [-0.25, -0.2) is 4.98 Å². The summed E-state index contributed by atoms with van der Waals surface area (Å²) in [5.74, 6) is -1.44. The average Bonchev–Trinajstić information content (AvgIpc) is 2.52. The molecule has 6 heteroatoms. The van der Waals surface area contributed by atoms with Gasteiger partial charge in [0.1, 0.15) is 17.3 Å². The molecule has 0 fully saturated rings. The lowest BCUT2D eigenvalue weighted by atomic mass is 10.0. The second-order valence-electron chi connectivity index (χ2n) is 4.54. The van der Waals surface area contributed by atoms with Crippen LogP contribution in [-0.2, 0) is 9.53 Å². The van der Waals surface area contributed by atoms with Gasteiger partial charge in [0.05, 0.1) is 18.5 Å². The van der Waals surface area contributed by atoms with Crippen LogP contribution in [0.5, 0.6) is 5.75 Å². The molecule has 0 atom stereocenters. The van der Waals surface area contributed by atoms with E-state index in [0.717, 1.165) is 0 Å². The average molecular weight is 298 g/mol. The van der Waals surface area contributed by atoms with Gasteiger partial charge in [0, 0.05) is 11.8 Å². The molecule has 0 spiro atoms. The van der Waals surface area contributed by atoms with Crippen LogP contribution in [0.2, 0.25) is 0 Å². The van der Waals surface area contributed by atoms with Crippen molar-refractivity contribution in [2.75, 3.05) is 6.61 Å². The molecule has 22 heavy (non-hydrogen) atoms. The molecule has 2 aromatic rings. The molecule has 1 aromatic heterocycles. The van der Waals surface area contributed by atoms with Gasteiger partial charge in [-0.15, -0.1) is 0 Å². The van der Waals surface area contributed by atoms with Gasteiger partial charge < -0.3 is 9.84 Å². The van der Waals surface area contributed by atoms with Crippen LogP contribution in [-0.4, -0.2) is 28.4 Å². The molecule has 0 aliphatic heterocycles. The summed E-state index contributed by atoms with van der Waals surface area (Å²) in [5.41, 5.74) is 0.251. The Balaban J connectivity index is 2.35. The number of aromatic hydroxyl groups is 1. The number of pyridine rings is 1. The summed E-state index contributed by atoms with van der Waals surface area (Å²) in [6.07, 6.45) is -0.231. The number of hydrogen-bond donors (Lipinski definition) is 1. The lowest BCUT2D eigenvalue weighted by Crippen LogP contribution is -2.10. The van der Waals surface area contributed by atoms with Gasteiger partial charge in [0.25, 0.3) is 0 Å². The minimum Gasteiger partial charge on any atom is -0.504 e. The number of esters is 1. The van der Waals surface area contributed by atoms with E-state index >= 15 is 0 Å². The van der Waals surface area contributed by atoms with Crippen LogP contribution in [0.15, 0.2) is 24.3 Å². The van der Waals surface area contributed by atoms with E-state index in [1.54, 1.807) is 31.2 Å². The van der Waals surface area contributed by atoms with Crippen molar-refractivity contribution < 1.29 is 19.4 Å². The Morgan fingerprint density at radius 1 is 1.32 bits per heavy atom. The number of fused-ring (bicyclic) bond motifs is 1. The van der Waals surface area contributed by atoms with Crippen LogP contribution in [0.25, 0.3) is 10.9 Å². The van der Waals surface area contributed by atoms with E-state index in [9.17, 15) is 20.0 Å². The van der Waals surface area contributed by atoms with Crippen LogP contribution in [0.1, 0.15) is 35.8 Å². The van der Waals surface area contributed by atoms with E-state index in [1.165, 1.54) is 0 Å². The third kappa shape index (κ3) is 3.04. The lowest BCUT2D eigenvalue weighted by Gasteiger charge is -2.08. The molecule has 112 valence electrons. The standard InChI is InChI=1S/C16H14N2O4/c1-2-22-14(20)8-7-13(19)15-16(21)11(9-17)10-5-3-4-6-12(10)18-15/h3-6,21H,2,7-8H2,1H3. The Labute approximate surface area is 127 Å². The molecule has 0 amide bonds. The van der Waals surface area contributed by atoms with Gasteiger partial charge in [-0.05, 0) is 13.0 Å². The summed E-state index contributed by atoms with van der Waals surface area (Å²) in [5, 5.41) is 19.8. The number of para-hydroxylation sites is 1. The Morgan fingerprint density at radius 2 is 2.05 bits per heavy atom. The van der Waals surface area contributed by atoms with Crippen molar-refractivity contribution in [3.8, 4) is 11.8 Å². The number of aromatic nitrogens is 1. The second-order valence-corrected chi connectivity index (χ2v) is 4.54. The van der Waals surface area contributed by atoms with E-state index in [-0.39, 0.29) is 30.7 Å². The number of rotatable bonds is 5. The quantitative estimate of drug-likeness (QED) is 0.671. The number of Topliss-reactive ketones (excluding diaryl/α,β-unsaturated/α-hetero) is 1. The Hall–Kier alpha value is -2.94. The van der Waals surface area contributed by atoms with Gasteiger partial charge in [-0.1, -0.05) is 18.2 Å². The fourth-order valence-corrected chi connectivity index (χ4v) is 2.08. The summed E-state index contributed by atoms with van der Waals surface area (Å²) in [7, 11) is 0. The number of nitrogens with zero attached hydrogens (tertiary/aromatic N) is 2. The highest BCUT2D eigenvalue weighted by Crippen LogP contribution is 2.29. The van der Waals surface area contributed by atoms with E-state index in [0.29, 0.717) is 10.9 Å². The van der Waals surface area contributed by atoms with Crippen molar-refractivity contribution in [2.24, 2.45) is 0 Å². The first kappa shape index (κ1) is 15.4. The molecule has 1 aromatic carbocycles. The molecule has 1 heterocycles. The summed E-state index contributed by atoms with van der Waals surface area (Å²) in [4.78, 5) is 27.5. The number of ether oxygens (including phenoxy) is 1. The molecule has 1 N–H and O–H groups in total. The maximum absolute atomic E-state index is 12.1. The number of nitriles is 1. The maximum atomic E-state index is 12.1. The van der Waals surface area contributed by atoms with Crippen LogP contribution < -0.4 is 0 Å². The summed E-state index contributed by atoms with van der Waals surface area (Å²) < 4.78 is 4.75. The first-order chi connectivity index (χ1) is 10.6. The molecule has 0 aliphatic rings. The van der Waals surface area contributed by atoms with Gasteiger partial charge in [-0.3, -0.25) is 9.59 Å². The number of benzene rings is 1. The first-order valence-corrected chi connectivity index (χ1v) is 6.79. The normalized spacial score (nSPS) is 10.2. The molecule has 0 saturated carbocycles. The number of ketones is 1. The van der Waals surface area contributed by atoms with Crippen LogP contribution >= 0.6 is 0 Å². The molecule has 2 rings (SSSR count). The molecule has 6 nitrogen and oxygen atoms in total. The highest BCUT2D eigenvalue weighted by atomic mass is 16.5. The minimum atomic E-state index is -0.507. The lowest BCUT2D eigenvalue weighted by molar-refractivity contribution is -0.143. The molecule has 0 radical (unpaired) electrons. The van der Waals surface area contributed by atoms with Crippen molar-refractivity contribution in [3.05, 3.63) is 35.5 Å². The molecule has 0 aliphatic carbocycles. The molecular formula is C16H14N2O4. The second kappa shape index (κ2) is 6.68. The van der Waals surface area contributed by atoms with Gasteiger partial charge in [0.2, 0.25) is 0 Å². The zero-order valence-electron chi connectivity index (χ0n) is 12.0. The highest BCUT2D eigenvalue weighted by molar-refractivity contribution is 6.02. The predicted octanol–water partition coefficient (Wildman–Crippen LogP) is 2.34. The van der Waals surface area contributed by atoms with E-state index in [2.05, 4.69) is 4.98 Å². The maximum Gasteiger partial charge on any atom is 0.306 e. The van der Waals surface area contributed by atoms with Crippen molar-refractivity contribution in [3.63, 3.8) is 0 Å². The minimum absolute atomic E-state index is 0.00471. The van der Waals surface area contributed by atoms with Crippen LogP contribution in [0.4, 0.5) is 0 Å². The Morgan fingerprint density at radius 3 is 2.73 bits per heavy atom. The molecule has 0 saturated heterocycles.